The largest absolute Gasteiger partial charge is 0.289 e. The molecule has 0 aromatic carbocycles. The number of nitrogens with zero attached hydrogens (tertiary/aromatic N) is 4. The molecule has 0 amide bonds. The zero-order valence-corrected chi connectivity index (χ0v) is 18.3. The van der Waals surface area contributed by atoms with Gasteiger partial charge in [0.2, 0.25) is 5.78 Å². The molecule has 0 aromatic heterocycles. The number of carbonyl (C=O) groups is 2. The third-order valence-electron chi connectivity index (χ3n) is 6.01. The molecule has 0 bridgehead atoms. The van der Waals surface area contributed by atoms with Crippen molar-refractivity contribution in [1.82, 2.24) is 20.0 Å². The Balaban J connectivity index is 2.26. The first kappa shape index (κ1) is 20.6. The summed E-state index contributed by atoms with van der Waals surface area (Å²) in [5.74, 6) is -0.0836. The molecule has 2 unspecified atom stereocenters. The van der Waals surface area contributed by atoms with Crippen molar-refractivity contribution in [3.63, 3.8) is 0 Å². The van der Waals surface area contributed by atoms with Gasteiger partial charge in [-0.05, 0) is 37.8 Å². The summed E-state index contributed by atoms with van der Waals surface area (Å²) in [7, 11) is 7.58. The van der Waals surface area contributed by atoms with E-state index in [-0.39, 0.29) is 23.4 Å². The lowest BCUT2D eigenvalue weighted by molar-refractivity contribution is -0.122. The van der Waals surface area contributed by atoms with Gasteiger partial charge in [-0.1, -0.05) is 13.8 Å². The first-order valence-corrected chi connectivity index (χ1v) is 10.0. The molecule has 3 aliphatic rings. The molecular formula is C22H32N4O2. The molecule has 0 fully saturated rings. The second-order valence-electron chi connectivity index (χ2n) is 8.23. The van der Waals surface area contributed by atoms with E-state index in [4.69, 9.17) is 0 Å². The molecule has 2 aliphatic heterocycles. The zero-order chi connectivity index (χ0) is 20.9. The Morgan fingerprint density at radius 2 is 1.11 bits per heavy atom. The lowest BCUT2D eigenvalue weighted by atomic mass is 9.72. The normalized spacial score (nSPS) is 25.5. The summed E-state index contributed by atoms with van der Waals surface area (Å²) in [6.45, 7) is 8.25. The van der Waals surface area contributed by atoms with E-state index in [1.807, 2.05) is 74.5 Å². The summed E-state index contributed by atoms with van der Waals surface area (Å²) in [5, 5.41) is 7.40. The molecule has 0 saturated heterocycles. The molecule has 0 saturated carbocycles. The molecule has 0 N–H and O–H groups in total. The second kappa shape index (κ2) is 7.33. The number of carbonyl (C=O) groups excluding carboxylic acids is 2. The highest BCUT2D eigenvalue weighted by Crippen LogP contribution is 2.45. The van der Waals surface area contributed by atoms with Crippen molar-refractivity contribution in [2.45, 2.75) is 40.5 Å². The third-order valence-corrected chi connectivity index (χ3v) is 6.01. The average Bonchev–Trinajstić information content (AvgIpc) is 2.63. The predicted molar refractivity (Wildman–Crippen MR) is 110 cm³/mol. The van der Waals surface area contributed by atoms with Crippen LogP contribution in [0.15, 0.2) is 46.1 Å². The van der Waals surface area contributed by atoms with Gasteiger partial charge in [-0.25, -0.2) is 10.0 Å². The lowest BCUT2D eigenvalue weighted by Crippen LogP contribution is -2.49. The van der Waals surface area contributed by atoms with Gasteiger partial charge in [-0.15, -0.1) is 0 Å². The van der Waals surface area contributed by atoms with Gasteiger partial charge in [0.15, 0.2) is 5.78 Å². The van der Waals surface area contributed by atoms with Crippen molar-refractivity contribution >= 4 is 11.6 Å². The Hall–Kier alpha value is -2.18. The van der Waals surface area contributed by atoms with E-state index in [9.17, 15) is 9.59 Å². The van der Waals surface area contributed by atoms with Gasteiger partial charge in [0.25, 0.3) is 0 Å². The topological polar surface area (TPSA) is 47.1 Å². The highest BCUT2D eigenvalue weighted by molar-refractivity contribution is 6.26. The van der Waals surface area contributed by atoms with Gasteiger partial charge in [0.05, 0.1) is 0 Å². The maximum Gasteiger partial charge on any atom is 0.229 e. The molecule has 0 radical (unpaired) electrons. The molecule has 1 aliphatic carbocycles. The molecule has 2 heterocycles. The van der Waals surface area contributed by atoms with Crippen molar-refractivity contribution in [2.75, 3.05) is 28.2 Å². The van der Waals surface area contributed by atoms with Crippen LogP contribution in [-0.4, -0.2) is 59.8 Å². The second-order valence-corrected chi connectivity index (χ2v) is 8.23. The summed E-state index contributed by atoms with van der Waals surface area (Å²) in [5.41, 5.74) is 4.54. The minimum absolute atomic E-state index is 0.0202. The van der Waals surface area contributed by atoms with Crippen LogP contribution in [0.5, 0.6) is 0 Å². The summed E-state index contributed by atoms with van der Waals surface area (Å²) in [6.07, 6.45) is 5.58. The number of ketones is 2. The summed E-state index contributed by atoms with van der Waals surface area (Å²) >= 11 is 0. The maximum atomic E-state index is 13.9. The average molecular weight is 385 g/mol. The molecule has 28 heavy (non-hydrogen) atoms. The number of rotatable bonds is 4. The monoisotopic (exact) mass is 384 g/mol. The van der Waals surface area contributed by atoms with Crippen LogP contribution in [0.1, 0.15) is 40.5 Å². The maximum absolute atomic E-state index is 13.9. The molecule has 3 rings (SSSR count). The number of hydrazine groups is 2. The van der Waals surface area contributed by atoms with Gasteiger partial charge < -0.3 is 0 Å². The Morgan fingerprint density at radius 1 is 0.750 bits per heavy atom. The first-order chi connectivity index (χ1) is 13.1. The Kier molecular flexibility index (Phi) is 5.38. The molecule has 2 atom stereocenters. The van der Waals surface area contributed by atoms with Crippen LogP contribution >= 0.6 is 0 Å². The van der Waals surface area contributed by atoms with E-state index in [1.165, 1.54) is 0 Å². The predicted octanol–water partition coefficient (Wildman–Crippen LogP) is 3.09. The SMILES string of the molecule is CCC1C(C)=CN(N(C)C)C2=C1C(=O)C1=C(C2=O)N(N(C)C)C=C(C)C1CC. The van der Waals surface area contributed by atoms with E-state index >= 15 is 0 Å². The van der Waals surface area contributed by atoms with Gasteiger partial charge in [-0.3, -0.25) is 19.6 Å². The smallest absolute Gasteiger partial charge is 0.229 e. The third kappa shape index (κ3) is 2.86. The van der Waals surface area contributed by atoms with Crippen LogP contribution in [0.25, 0.3) is 0 Å². The molecule has 6 heteroatoms. The van der Waals surface area contributed by atoms with E-state index < -0.39 is 0 Å². The molecule has 152 valence electrons. The Bertz CT molecular complexity index is 759. The number of hydrogen-bond donors (Lipinski definition) is 0. The quantitative estimate of drug-likeness (QED) is 0.694. The Labute approximate surface area is 168 Å². The van der Waals surface area contributed by atoms with Crippen LogP contribution < -0.4 is 0 Å². The number of allylic oxidation sites excluding steroid dienone is 4. The lowest BCUT2D eigenvalue weighted by Gasteiger charge is -2.45. The summed E-state index contributed by atoms with van der Waals surface area (Å²) in [4.78, 5) is 27.7. The minimum atomic E-state index is -0.0728. The standard InChI is InChI=1S/C22H32N4O2/c1-9-15-13(3)11-25(23(5)6)19-17(15)21(27)18-16(10-2)14(4)12-26(24(7)8)20(18)22(19)28/h11-12,15-16H,9-10H2,1-8H3. The molecule has 0 aromatic rings. The fourth-order valence-corrected chi connectivity index (χ4v) is 4.65. The summed E-state index contributed by atoms with van der Waals surface area (Å²) in [6, 6.07) is 0. The van der Waals surface area contributed by atoms with Gasteiger partial charge in [0, 0.05) is 63.6 Å². The molecule has 0 spiro atoms. The van der Waals surface area contributed by atoms with Gasteiger partial charge >= 0.3 is 0 Å². The van der Waals surface area contributed by atoms with Crippen LogP contribution in [0.2, 0.25) is 0 Å². The van der Waals surface area contributed by atoms with Crippen LogP contribution in [-0.2, 0) is 9.59 Å². The van der Waals surface area contributed by atoms with Crippen molar-refractivity contribution in [3.8, 4) is 0 Å². The van der Waals surface area contributed by atoms with Gasteiger partial charge in [0.1, 0.15) is 11.4 Å². The van der Waals surface area contributed by atoms with Gasteiger partial charge in [-0.2, -0.15) is 0 Å². The van der Waals surface area contributed by atoms with E-state index in [0.717, 1.165) is 24.0 Å². The highest BCUT2D eigenvalue weighted by atomic mass is 16.1. The van der Waals surface area contributed by atoms with Crippen molar-refractivity contribution in [3.05, 3.63) is 46.1 Å². The summed E-state index contributed by atoms with van der Waals surface area (Å²) < 4.78 is 0. The van der Waals surface area contributed by atoms with Crippen molar-refractivity contribution in [1.29, 1.82) is 0 Å². The van der Waals surface area contributed by atoms with E-state index in [2.05, 4.69) is 13.8 Å². The van der Waals surface area contributed by atoms with Crippen molar-refractivity contribution < 1.29 is 9.59 Å². The number of hydrogen-bond acceptors (Lipinski definition) is 6. The van der Waals surface area contributed by atoms with Crippen molar-refractivity contribution in [2.24, 2.45) is 11.8 Å². The van der Waals surface area contributed by atoms with E-state index in [1.54, 1.807) is 0 Å². The fourth-order valence-electron chi connectivity index (χ4n) is 4.65. The van der Waals surface area contributed by atoms with Crippen LogP contribution in [0, 0.1) is 11.8 Å². The minimum Gasteiger partial charge on any atom is -0.289 e. The molecule has 6 nitrogen and oxygen atoms in total. The van der Waals surface area contributed by atoms with Crippen LogP contribution in [0.4, 0.5) is 0 Å². The number of Topliss-reactive ketones (excluding diaryl/α,β-unsaturated/α-hetero) is 2. The van der Waals surface area contributed by atoms with E-state index in [0.29, 0.717) is 22.5 Å². The zero-order valence-electron chi connectivity index (χ0n) is 18.3. The molecular weight excluding hydrogens is 352 g/mol. The first-order valence-electron chi connectivity index (χ1n) is 10.0. The Morgan fingerprint density at radius 3 is 1.39 bits per heavy atom. The fraction of sp³-hybridized carbons (Fsp3) is 0.545. The van der Waals surface area contributed by atoms with Crippen LogP contribution in [0.3, 0.4) is 0 Å². The highest BCUT2D eigenvalue weighted by Gasteiger charge is 2.47.